The quantitative estimate of drug-likeness (QED) is 0.509. The Hall–Kier alpha value is -4.61. The van der Waals surface area contributed by atoms with Crippen LogP contribution in [0.2, 0.25) is 0 Å². The Morgan fingerprint density at radius 1 is 1.08 bits per heavy atom. The summed E-state index contributed by atoms with van der Waals surface area (Å²) in [7, 11) is 1.87. The number of hydrogen-bond acceptors (Lipinski definition) is 9. The summed E-state index contributed by atoms with van der Waals surface area (Å²) in [5.74, 6) is -1.33. The molecule has 3 aliphatic rings. The second-order valence-electron chi connectivity index (χ2n) is 9.23. The summed E-state index contributed by atoms with van der Waals surface area (Å²) in [5.41, 5.74) is 3.31. The van der Waals surface area contributed by atoms with Crippen LogP contribution < -0.4 is 5.32 Å². The molecule has 12 heteroatoms. The predicted molar refractivity (Wildman–Crippen MR) is 127 cm³/mol. The smallest absolute Gasteiger partial charge is 0.278 e. The van der Waals surface area contributed by atoms with Crippen molar-refractivity contribution in [2.45, 2.75) is 38.3 Å². The largest absolute Gasteiger partial charge is 0.357 e. The van der Waals surface area contributed by atoms with Gasteiger partial charge >= 0.3 is 0 Å². The van der Waals surface area contributed by atoms with Crippen LogP contribution in [-0.4, -0.2) is 65.9 Å². The first-order valence-corrected chi connectivity index (χ1v) is 12.0. The third kappa shape index (κ3) is 3.90. The number of piperidine rings is 1. The van der Waals surface area contributed by atoms with E-state index in [0.717, 1.165) is 21.7 Å². The van der Waals surface area contributed by atoms with Crippen LogP contribution in [0, 0.1) is 0 Å². The van der Waals surface area contributed by atoms with Crippen LogP contribution in [0.15, 0.2) is 52.3 Å². The van der Waals surface area contributed by atoms with Gasteiger partial charge in [-0.15, -0.1) is 0 Å². The van der Waals surface area contributed by atoms with E-state index in [1.54, 1.807) is 15.8 Å². The number of carbonyl (C=O) groups is 4. The normalized spacial score (nSPS) is 20.1. The fourth-order valence-corrected chi connectivity index (χ4v) is 5.14. The van der Waals surface area contributed by atoms with E-state index in [4.69, 9.17) is 4.52 Å². The van der Waals surface area contributed by atoms with Gasteiger partial charge in [0.2, 0.25) is 23.5 Å². The molecule has 3 aromatic rings. The van der Waals surface area contributed by atoms with Gasteiger partial charge in [-0.3, -0.25) is 34.1 Å². The number of aromatic nitrogens is 4. The number of nitrogens with zero attached hydrogens (tertiary/aromatic N) is 6. The third-order valence-electron chi connectivity index (χ3n) is 6.91. The zero-order valence-electron chi connectivity index (χ0n) is 20.0. The van der Waals surface area contributed by atoms with Crippen molar-refractivity contribution in [3.63, 3.8) is 0 Å². The van der Waals surface area contributed by atoms with Gasteiger partial charge in [-0.2, -0.15) is 10.1 Å². The lowest BCUT2D eigenvalue weighted by atomic mass is 10.0. The lowest BCUT2D eigenvalue weighted by Gasteiger charge is -2.29. The Balaban J connectivity index is 1.23. The highest BCUT2D eigenvalue weighted by Gasteiger charge is 2.48. The molecule has 12 nitrogen and oxygen atoms in total. The van der Waals surface area contributed by atoms with E-state index < -0.39 is 29.7 Å². The zero-order valence-corrected chi connectivity index (χ0v) is 20.0. The molecule has 4 amide bonds. The Bertz CT molecular complexity index is 1490. The van der Waals surface area contributed by atoms with E-state index in [0.29, 0.717) is 36.7 Å². The second kappa shape index (κ2) is 8.80. The fraction of sp³-hybridized carbons (Fsp3) is 0.320. The fourth-order valence-electron chi connectivity index (χ4n) is 5.14. The molecule has 0 spiro atoms. The molecule has 1 saturated heterocycles. The van der Waals surface area contributed by atoms with Gasteiger partial charge < -0.3 is 9.42 Å². The number of imide groups is 2. The van der Waals surface area contributed by atoms with Crippen LogP contribution in [0.1, 0.15) is 31.6 Å². The maximum absolute atomic E-state index is 13.3. The minimum Gasteiger partial charge on any atom is -0.357 e. The van der Waals surface area contributed by atoms with E-state index in [1.807, 2.05) is 37.4 Å². The lowest BCUT2D eigenvalue weighted by molar-refractivity contribution is -0.150. The first-order chi connectivity index (χ1) is 17.9. The molecule has 0 saturated carbocycles. The standard InChI is InChI=1S/C25H23N7O5/c1-30-17(9-10-26-30)14-4-2-5-15(12-14)22-28-20(37-29-22)13-31-11-3-6-16-21(31)25(36)32(24(16)35)18-7-8-19(33)27-23(18)34/h2,4-5,9-10,12,18H,3,6-8,11,13H2,1H3,(H,27,33,34). The third-order valence-corrected chi connectivity index (χ3v) is 6.91. The van der Waals surface area contributed by atoms with E-state index in [-0.39, 0.29) is 25.1 Å². The highest BCUT2D eigenvalue weighted by atomic mass is 16.5. The summed E-state index contributed by atoms with van der Waals surface area (Å²) in [4.78, 5) is 57.6. The Morgan fingerprint density at radius 3 is 2.70 bits per heavy atom. The van der Waals surface area contributed by atoms with E-state index in [1.165, 1.54) is 0 Å². The maximum atomic E-state index is 13.3. The summed E-state index contributed by atoms with van der Waals surface area (Å²) in [6.07, 6.45) is 3.03. The average Bonchev–Trinajstić information content (AvgIpc) is 3.59. The number of hydrogen-bond donors (Lipinski definition) is 1. The summed E-state index contributed by atoms with van der Waals surface area (Å²) >= 11 is 0. The average molecular weight is 502 g/mol. The lowest BCUT2D eigenvalue weighted by Crippen LogP contribution is -2.55. The predicted octanol–water partition coefficient (Wildman–Crippen LogP) is 1.16. The van der Waals surface area contributed by atoms with Crippen molar-refractivity contribution in [3.05, 3.63) is 53.7 Å². The van der Waals surface area contributed by atoms with Crippen LogP contribution in [0.25, 0.3) is 22.6 Å². The molecule has 0 bridgehead atoms. The van der Waals surface area contributed by atoms with Gasteiger partial charge in [-0.1, -0.05) is 23.4 Å². The molecule has 6 rings (SSSR count). The summed E-state index contributed by atoms with van der Waals surface area (Å²) in [5, 5.41) is 10.6. The Morgan fingerprint density at radius 2 is 1.92 bits per heavy atom. The van der Waals surface area contributed by atoms with E-state index in [9.17, 15) is 19.2 Å². The highest BCUT2D eigenvalue weighted by molar-refractivity contribution is 6.21. The number of nitrogens with one attached hydrogen (secondary N) is 1. The molecule has 0 radical (unpaired) electrons. The van der Waals surface area contributed by atoms with Crippen LogP contribution in [-0.2, 0) is 32.8 Å². The zero-order chi connectivity index (χ0) is 25.7. The molecule has 1 atom stereocenters. The van der Waals surface area contributed by atoms with Gasteiger partial charge in [0.15, 0.2) is 0 Å². The first-order valence-electron chi connectivity index (χ1n) is 12.0. The van der Waals surface area contributed by atoms with Crippen LogP contribution >= 0.6 is 0 Å². The summed E-state index contributed by atoms with van der Waals surface area (Å²) in [6.45, 7) is 0.671. The monoisotopic (exact) mass is 501 g/mol. The number of rotatable bonds is 5. The molecule has 188 valence electrons. The summed E-state index contributed by atoms with van der Waals surface area (Å²) in [6, 6.07) is 8.63. The molecule has 5 heterocycles. The molecule has 0 aliphatic carbocycles. The molecule has 1 N–H and O–H groups in total. The van der Waals surface area contributed by atoms with E-state index in [2.05, 4.69) is 20.6 Å². The molecule has 1 unspecified atom stereocenters. The maximum Gasteiger partial charge on any atom is 0.278 e. The molecule has 2 aromatic heterocycles. The van der Waals surface area contributed by atoms with Crippen LogP contribution in [0.4, 0.5) is 0 Å². The number of carbonyl (C=O) groups excluding carboxylic acids is 4. The molecular weight excluding hydrogens is 478 g/mol. The highest BCUT2D eigenvalue weighted by Crippen LogP contribution is 2.35. The van der Waals surface area contributed by atoms with Gasteiger partial charge in [0.25, 0.3) is 11.8 Å². The van der Waals surface area contributed by atoms with Gasteiger partial charge in [0.05, 0.1) is 12.2 Å². The van der Waals surface area contributed by atoms with Gasteiger partial charge in [0, 0.05) is 42.9 Å². The molecule has 3 aliphatic heterocycles. The van der Waals surface area contributed by atoms with Crippen LogP contribution in [0.3, 0.4) is 0 Å². The SMILES string of the molecule is Cn1nccc1-c1cccc(-c2noc(CN3CCCC4=C3C(=O)N(C3CCC(=O)NC3=O)C4=O)n2)c1. The van der Waals surface area contributed by atoms with Crippen LogP contribution in [0.5, 0.6) is 0 Å². The minimum absolute atomic E-state index is 0.0778. The van der Waals surface area contributed by atoms with Gasteiger partial charge in [-0.05, 0) is 31.4 Å². The minimum atomic E-state index is -0.994. The topological polar surface area (TPSA) is 144 Å². The first kappa shape index (κ1) is 22.8. The van der Waals surface area contributed by atoms with Crippen molar-refractivity contribution < 1.29 is 23.7 Å². The Labute approximate surface area is 210 Å². The number of benzene rings is 1. The second-order valence-corrected chi connectivity index (χ2v) is 9.23. The number of amides is 4. The van der Waals surface area contributed by atoms with Gasteiger partial charge in [0.1, 0.15) is 11.7 Å². The molecule has 37 heavy (non-hydrogen) atoms. The van der Waals surface area contributed by atoms with Gasteiger partial charge in [-0.25, -0.2) is 0 Å². The van der Waals surface area contributed by atoms with Crippen molar-refractivity contribution in [1.82, 2.24) is 35.0 Å². The van der Waals surface area contributed by atoms with Crippen molar-refractivity contribution in [1.29, 1.82) is 0 Å². The molecule has 1 aromatic carbocycles. The summed E-state index contributed by atoms with van der Waals surface area (Å²) < 4.78 is 7.28. The van der Waals surface area contributed by atoms with Crippen molar-refractivity contribution >= 4 is 23.6 Å². The Kier molecular flexibility index (Phi) is 5.43. The van der Waals surface area contributed by atoms with E-state index >= 15 is 0 Å². The molecule has 1 fully saturated rings. The van der Waals surface area contributed by atoms with Crippen molar-refractivity contribution in [2.24, 2.45) is 7.05 Å². The molecular formula is C25H23N7O5. The number of aryl methyl sites for hydroxylation is 1. The van der Waals surface area contributed by atoms with Crippen molar-refractivity contribution in [3.8, 4) is 22.6 Å². The van der Waals surface area contributed by atoms with Crippen molar-refractivity contribution in [2.75, 3.05) is 6.54 Å².